The van der Waals surface area contributed by atoms with Crippen molar-refractivity contribution in [1.82, 2.24) is 9.97 Å². The monoisotopic (exact) mass is 457 g/mol. The summed E-state index contributed by atoms with van der Waals surface area (Å²) in [5.41, 5.74) is 5.37. The van der Waals surface area contributed by atoms with Crippen molar-refractivity contribution in [2.24, 2.45) is 0 Å². The van der Waals surface area contributed by atoms with Crippen LogP contribution in [0.15, 0.2) is 66.9 Å². The van der Waals surface area contributed by atoms with Crippen molar-refractivity contribution in [2.45, 2.75) is 33.1 Å². The fourth-order valence-corrected chi connectivity index (χ4v) is 4.62. The molecular formula is C27H27N3O2S. The molecule has 0 saturated heterocycles. The van der Waals surface area contributed by atoms with Crippen LogP contribution in [0.3, 0.4) is 0 Å². The number of ether oxygens (including phenoxy) is 1. The van der Waals surface area contributed by atoms with Gasteiger partial charge in [0.15, 0.2) is 0 Å². The summed E-state index contributed by atoms with van der Waals surface area (Å²) in [7, 11) is 1.64. The van der Waals surface area contributed by atoms with Gasteiger partial charge in [-0.2, -0.15) is 0 Å². The minimum Gasteiger partial charge on any atom is -0.497 e. The van der Waals surface area contributed by atoms with Crippen LogP contribution < -0.4 is 10.1 Å². The van der Waals surface area contributed by atoms with Gasteiger partial charge in [-0.3, -0.25) is 4.79 Å². The van der Waals surface area contributed by atoms with Crippen molar-refractivity contribution < 1.29 is 9.53 Å². The first-order valence-electron chi connectivity index (χ1n) is 11.0. The van der Waals surface area contributed by atoms with Gasteiger partial charge in [-0.05, 0) is 61.2 Å². The molecule has 0 bridgehead atoms. The maximum absolute atomic E-state index is 12.5. The molecule has 33 heavy (non-hydrogen) atoms. The van der Waals surface area contributed by atoms with E-state index in [4.69, 9.17) is 9.72 Å². The molecule has 0 spiro atoms. The van der Waals surface area contributed by atoms with Crippen molar-refractivity contribution in [2.75, 3.05) is 12.4 Å². The zero-order valence-corrected chi connectivity index (χ0v) is 19.9. The molecule has 0 saturated carbocycles. The quantitative estimate of drug-likeness (QED) is 0.336. The van der Waals surface area contributed by atoms with E-state index in [0.717, 1.165) is 44.4 Å². The molecule has 0 radical (unpaired) electrons. The van der Waals surface area contributed by atoms with Crippen molar-refractivity contribution in [3.8, 4) is 27.4 Å². The summed E-state index contributed by atoms with van der Waals surface area (Å²) in [5, 5.41) is 4.03. The Morgan fingerprint density at radius 2 is 1.88 bits per heavy atom. The Hall–Kier alpha value is -3.51. The SMILES string of the molecule is CCc1nc(-c2cccc(C)c2)c(-c2ccnc(NC(=O)CCc3ccc(OC)cc3)c2)s1. The highest BCUT2D eigenvalue weighted by Crippen LogP contribution is 2.37. The number of methoxy groups -OCH3 is 1. The highest BCUT2D eigenvalue weighted by molar-refractivity contribution is 7.15. The molecule has 4 aromatic rings. The molecule has 0 aliphatic rings. The minimum absolute atomic E-state index is 0.0621. The Labute approximate surface area is 198 Å². The third-order valence-corrected chi connectivity index (χ3v) is 6.60. The van der Waals surface area contributed by atoms with Crippen molar-refractivity contribution >= 4 is 23.1 Å². The molecule has 4 rings (SSSR count). The number of hydrogen-bond donors (Lipinski definition) is 1. The largest absolute Gasteiger partial charge is 0.497 e. The normalized spacial score (nSPS) is 10.8. The van der Waals surface area contributed by atoms with Crippen LogP contribution in [0.5, 0.6) is 5.75 Å². The molecule has 0 fully saturated rings. The number of carbonyl (C=O) groups is 1. The predicted molar refractivity (Wildman–Crippen MR) is 135 cm³/mol. The third kappa shape index (κ3) is 5.65. The first kappa shape index (κ1) is 22.7. The number of nitrogens with one attached hydrogen (secondary N) is 1. The van der Waals surface area contributed by atoms with Gasteiger partial charge in [0.25, 0.3) is 0 Å². The van der Waals surface area contributed by atoms with Crippen molar-refractivity contribution in [3.63, 3.8) is 0 Å². The molecular weight excluding hydrogens is 430 g/mol. The maximum atomic E-state index is 12.5. The molecule has 5 nitrogen and oxygen atoms in total. The van der Waals surface area contributed by atoms with E-state index in [-0.39, 0.29) is 5.91 Å². The van der Waals surface area contributed by atoms with E-state index < -0.39 is 0 Å². The predicted octanol–water partition coefficient (Wildman–Crippen LogP) is 6.32. The lowest BCUT2D eigenvalue weighted by atomic mass is 10.1. The smallest absolute Gasteiger partial charge is 0.225 e. The highest BCUT2D eigenvalue weighted by Gasteiger charge is 2.15. The number of aromatic nitrogens is 2. The molecule has 1 N–H and O–H groups in total. The summed E-state index contributed by atoms with van der Waals surface area (Å²) in [4.78, 5) is 22.9. The number of rotatable bonds is 8. The molecule has 2 aromatic heterocycles. The van der Waals surface area contributed by atoms with Crippen LogP contribution in [-0.2, 0) is 17.6 Å². The lowest BCUT2D eigenvalue weighted by molar-refractivity contribution is -0.116. The summed E-state index contributed by atoms with van der Waals surface area (Å²) >= 11 is 1.69. The summed E-state index contributed by atoms with van der Waals surface area (Å²) in [5.74, 6) is 1.30. The van der Waals surface area contributed by atoms with Crippen LogP contribution in [0, 0.1) is 6.92 Å². The molecule has 0 aliphatic carbocycles. The first-order chi connectivity index (χ1) is 16.1. The lowest BCUT2D eigenvalue weighted by Gasteiger charge is -2.08. The van der Waals surface area contributed by atoms with E-state index in [1.807, 2.05) is 36.4 Å². The standard InChI is InChI=1S/C27H27N3O2S/c1-4-25-30-26(20-7-5-6-18(2)16-20)27(33-25)21-14-15-28-23(17-21)29-24(31)13-10-19-8-11-22(32-3)12-9-19/h5-9,11-12,14-17H,4,10,13H2,1-3H3,(H,28,29,31). The maximum Gasteiger partial charge on any atom is 0.225 e. The number of nitrogens with zero attached hydrogens (tertiary/aromatic N) is 2. The Morgan fingerprint density at radius 1 is 1.06 bits per heavy atom. The van der Waals surface area contributed by atoms with Gasteiger partial charge in [0.05, 0.1) is 22.7 Å². The van der Waals surface area contributed by atoms with Gasteiger partial charge in [-0.1, -0.05) is 42.8 Å². The van der Waals surface area contributed by atoms with Gasteiger partial charge in [0.1, 0.15) is 11.6 Å². The number of amides is 1. The van der Waals surface area contributed by atoms with Crippen molar-refractivity contribution in [1.29, 1.82) is 0 Å². The van der Waals surface area contributed by atoms with Crippen LogP contribution in [0.25, 0.3) is 21.7 Å². The molecule has 168 valence electrons. The van der Waals surface area contributed by atoms with E-state index in [1.165, 1.54) is 5.56 Å². The Kier molecular flexibility index (Phi) is 7.15. The van der Waals surface area contributed by atoms with Gasteiger partial charge >= 0.3 is 0 Å². The summed E-state index contributed by atoms with van der Waals surface area (Å²) < 4.78 is 5.18. The molecule has 6 heteroatoms. The van der Waals surface area contributed by atoms with Gasteiger partial charge in [0.2, 0.25) is 5.91 Å². The molecule has 0 aliphatic heterocycles. The van der Waals surface area contributed by atoms with Crippen LogP contribution in [0.2, 0.25) is 0 Å². The second kappa shape index (κ2) is 10.4. The summed E-state index contributed by atoms with van der Waals surface area (Å²) in [6.45, 7) is 4.20. The Bertz CT molecular complexity index is 1250. The lowest BCUT2D eigenvalue weighted by Crippen LogP contribution is -2.13. The summed E-state index contributed by atoms with van der Waals surface area (Å²) in [6.07, 6.45) is 3.65. The van der Waals surface area contributed by atoms with E-state index in [9.17, 15) is 4.79 Å². The third-order valence-electron chi connectivity index (χ3n) is 5.35. The summed E-state index contributed by atoms with van der Waals surface area (Å²) in [6, 6.07) is 20.1. The number of carbonyl (C=O) groups excluding carboxylic acids is 1. The molecule has 0 unspecified atom stereocenters. The van der Waals surface area contributed by atoms with Gasteiger partial charge < -0.3 is 10.1 Å². The first-order valence-corrected chi connectivity index (χ1v) is 11.8. The number of thiazole rings is 1. The van der Waals surface area contributed by atoms with E-state index in [2.05, 4.69) is 48.4 Å². The fourth-order valence-electron chi connectivity index (χ4n) is 3.59. The fraction of sp³-hybridized carbons (Fsp3) is 0.222. The average Bonchev–Trinajstić information content (AvgIpc) is 3.28. The van der Waals surface area contributed by atoms with E-state index in [1.54, 1.807) is 24.6 Å². The Balaban J connectivity index is 1.51. The van der Waals surface area contributed by atoms with Crippen LogP contribution in [0.4, 0.5) is 5.82 Å². The van der Waals surface area contributed by atoms with Crippen LogP contribution >= 0.6 is 11.3 Å². The second-order valence-electron chi connectivity index (χ2n) is 7.83. The molecule has 2 heterocycles. The average molecular weight is 458 g/mol. The number of pyridine rings is 1. The van der Waals surface area contributed by atoms with Crippen molar-refractivity contribution in [3.05, 3.63) is 83.0 Å². The number of hydrogen-bond acceptors (Lipinski definition) is 5. The number of aryl methyl sites for hydroxylation is 3. The second-order valence-corrected chi connectivity index (χ2v) is 8.92. The Morgan fingerprint density at radius 3 is 2.61 bits per heavy atom. The van der Waals surface area contributed by atoms with Gasteiger partial charge in [-0.25, -0.2) is 9.97 Å². The molecule has 1 amide bonds. The molecule has 2 aromatic carbocycles. The minimum atomic E-state index is -0.0621. The highest BCUT2D eigenvalue weighted by atomic mass is 32.1. The number of benzene rings is 2. The number of anilines is 1. The van der Waals surface area contributed by atoms with Gasteiger partial charge in [-0.15, -0.1) is 11.3 Å². The zero-order chi connectivity index (χ0) is 23.2. The zero-order valence-electron chi connectivity index (χ0n) is 19.1. The molecule has 0 atom stereocenters. The van der Waals surface area contributed by atoms with E-state index >= 15 is 0 Å². The van der Waals surface area contributed by atoms with Crippen LogP contribution in [0.1, 0.15) is 29.5 Å². The topological polar surface area (TPSA) is 64.1 Å². The van der Waals surface area contributed by atoms with Gasteiger partial charge in [0, 0.05) is 18.2 Å². The van der Waals surface area contributed by atoms with Crippen LogP contribution in [-0.4, -0.2) is 23.0 Å². The van der Waals surface area contributed by atoms with E-state index in [0.29, 0.717) is 18.7 Å².